The van der Waals surface area contributed by atoms with Gasteiger partial charge in [0.15, 0.2) is 0 Å². The van der Waals surface area contributed by atoms with Gasteiger partial charge in [-0.25, -0.2) is 9.59 Å². The minimum absolute atomic E-state index is 0.118. The Morgan fingerprint density at radius 1 is 1.37 bits per heavy atom. The molecule has 0 fully saturated rings. The zero-order valence-corrected chi connectivity index (χ0v) is 11.9. The number of carboxylic acids is 1. The van der Waals surface area contributed by atoms with Gasteiger partial charge in [0.1, 0.15) is 5.00 Å². The first-order chi connectivity index (χ1) is 9.00. The molecule has 0 aliphatic heterocycles. The Labute approximate surface area is 116 Å². The third-order valence-corrected chi connectivity index (χ3v) is 3.27. The molecule has 0 saturated carbocycles. The van der Waals surface area contributed by atoms with Crippen molar-refractivity contribution in [3.05, 3.63) is 17.0 Å². The summed E-state index contributed by atoms with van der Waals surface area (Å²) in [5, 5.41) is 16.1. The average Bonchev–Trinajstić information content (AvgIpc) is 2.76. The van der Waals surface area contributed by atoms with E-state index in [-0.39, 0.29) is 11.6 Å². The number of carboxylic acid groups (broad SMARTS) is 1. The van der Waals surface area contributed by atoms with Crippen molar-refractivity contribution in [2.75, 3.05) is 32.5 Å². The topological polar surface area (TPSA) is 81.7 Å². The van der Waals surface area contributed by atoms with Crippen LogP contribution in [0.2, 0.25) is 0 Å². The van der Waals surface area contributed by atoms with Crippen molar-refractivity contribution >= 4 is 28.3 Å². The molecule has 1 rings (SSSR count). The summed E-state index contributed by atoms with van der Waals surface area (Å²) in [5.74, 6) is -1.04. The van der Waals surface area contributed by atoms with Crippen molar-refractivity contribution < 1.29 is 14.7 Å². The normalized spacial score (nSPS) is 10.5. The number of rotatable bonds is 7. The second kappa shape index (κ2) is 7.75. The van der Waals surface area contributed by atoms with E-state index in [4.69, 9.17) is 5.11 Å². The quantitative estimate of drug-likeness (QED) is 0.668. The molecule has 0 unspecified atom stereocenters. The highest BCUT2D eigenvalue weighted by atomic mass is 32.1. The molecule has 0 saturated heterocycles. The van der Waals surface area contributed by atoms with E-state index >= 15 is 0 Å². The molecular weight excluding hydrogens is 266 g/mol. The van der Waals surface area contributed by atoms with Gasteiger partial charge in [-0.3, -0.25) is 5.32 Å². The number of anilines is 1. The smallest absolute Gasteiger partial charge is 0.338 e. The largest absolute Gasteiger partial charge is 0.478 e. The van der Waals surface area contributed by atoms with Crippen LogP contribution in [0.4, 0.5) is 9.80 Å². The van der Waals surface area contributed by atoms with Gasteiger partial charge in [0.25, 0.3) is 0 Å². The van der Waals surface area contributed by atoms with Crippen molar-refractivity contribution in [2.45, 2.75) is 12.8 Å². The highest BCUT2D eigenvalue weighted by Crippen LogP contribution is 2.22. The van der Waals surface area contributed by atoms with E-state index in [2.05, 4.69) is 15.5 Å². The van der Waals surface area contributed by atoms with Crippen molar-refractivity contribution in [3.8, 4) is 0 Å². The van der Waals surface area contributed by atoms with E-state index in [1.54, 1.807) is 5.38 Å². The lowest BCUT2D eigenvalue weighted by Crippen LogP contribution is -2.30. The van der Waals surface area contributed by atoms with Crippen LogP contribution in [-0.4, -0.2) is 49.2 Å². The molecule has 6 nitrogen and oxygen atoms in total. The number of hydrogen-bond acceptors (Lipinski definition) is 4. The standard InChI is InChI=1S/C12H19N3O3S/c1-15(2)7-4-3-6-13-12(18)14-10-9(11(16)17)5-8-19-10/h5,8H,3-4,6-7H2,1-2H3,(H,16,17)(H2,13,14,18). The SMILES string of the molecule is CN(C)CCCCNC(=O)Nc1sccc1C(=O)O. The second-order valence-corrected chi connectivity index (χ2v) is 5.28. The first kappa shape index (κ1) is 15.5. The lowest BCUT2D eigenvalue weighted by molar-refractivity contribution is 0.0698. The predicted molar refractivity (Wildman–Crippen MR) is 76.1 cm³/mol. The Morgan fingerprint density at radius 2 is 2.11 bits per heavy atom. The van der Waals surface area contributed by atoms with Crippen LogP contribution in [0, 0.1) is 0 Å². The van der Waals surface area contributed by atoms with Crippen molar-refractivity contribution in [1.29, 1.82) is 0 Å². The van der Waals surface area contributed by atoms with E-state index in [0.29, 0.717) is 11.5 Å². The molecule has 1 aromatic heterocycles. The van der Waals surface area contributed by atoms with Gasteiger partial charge < -0.3 is 15.3 Å². The highest BCUT2D eigenvalue weighted by molar-refractivity contribution is 7.14. The van der Waals surface area contributed by atoms with Gasteiger partial charge >= 0.3 is 12.0 Å². The molecule has 1 heterocycles. The molecule has 7 heteroatoms. The van der Waals surface area contributed by atoms with Crippen LogP contribution < -0.4 is 10.6 Å². The van der Waals surface area contributed by atoms with E-state index in [9.17, 15) is 9.59 Å². The van der Waals surface area contributed by atoms with Crippen molar-refractivity contribution in [1.82, 2.24) is 10.2 Å². The summed E-state index contributed by atoms with van der Waals surface area (Å²) in [6.45, 7) is 1.56. The first-order valence-corrected chi connectivity index (χ1v) is 6.89. The van der Waals surface area contributed by atoms with E-state index in [1.807, 2.05) is 14.1 Å². The summed E-state index contributed by atoms with van der Waals surface area (Å²) in [5.41, 5.74) is 0.118. The molecule has 0 atom stereocenters. The van der Waals surface area contributed by atoms with Gasteiger partial charge in [-0.1, -0.05) is 0 Å². The Morgan fingerprint density at radius 3 is 2.74 bits per heavy atom. The molecule has 0 radical (unpaired) electrons. The second-order valence-electron chi connectivity index (χ2n) is 4.36. The summed E-state index contributed by atoms with van der Waals surface area (Å²) in [6.07, 6.45) is 1.90. The fourth-order valence-corrected chi connectivity index (χ4v) is 2.25. The summed E-state index contributed by atoms with van der Waals surface area (Å²) >= 11 is 1.19. The number of unbranched alkanes of at least 4 members (excludes halogenated alkanes) is 1. The molecule has 0 aliphatic carbocycles. The number of nitrogens with zero attached hydrogens (tertiary/aromatic N) is 1. The zero-order valence-electron chi connectivity index (χ0n) is 11.1. The van der Waals surface area contributed by atoms with Crippen molar-refractivity contribution in [2.24, 2.45) is 0 Å². The number of carbonyl (C=O) groups is 2. The summed E-state index contributed by atoms with van der Waals surface area (Å²) in [6, 6.07) is 1.11. The van der Waals surface area contributed by atoms with Gasteiger partial charge in [-0.2, -0.15) is 0 Å². The number of aromatic carboxylic acids is 1. The number of hydrogen-bond donors (Lipinski definition) is 3. The Kier molecular flexibility index (Phi) is 6.31. The fraction of sp³-hybridized carbons (Fsp3) is 0.500. The monoisotopic (exact) mass is 285 g/mol. The summed E-state index contributed by atoms with van der Waals surface area (Å²) in [4.78, 5) is 24.5. The molecule has 0 aromatic carbocycles. The highest BCUT2D eigenvalue weighted by Gasteiger charge is 2.13. The zero-order chi connectivity index (χ0) is 14.3. The van der Waals surface area contributed by atoms with Crippen LogP contribution in [0.1, 0.15) is 23.2 Å². The number of nitrogens with one attached hydrogen (secondary N) is 2. The molecule has 1 aromatic rings. The Bertz CT molecular complexity index is 432. The molecular formula is C12H19N3O3S. The number of urea groups is 1. The van der Waals surface area contributed by atoms with Crippen LogP contribution in [0.5, 0.6) is 0 Å². The van der Waals surface area contributed by atoms with Crippen LogP contribution >= 0.6 is 11.3 Å². The predicted octanol–water partition coefficient (Wildman–Crippen LogP) is 1.91. The van der Waals surface area contributed by atoms with Gasteiger partial charge in [0.05, 0.1) is 5.56 Å². The maximum absolute atomic E-state index is 11.6. The van der Waals surface area contributed by atoms with Crippen molar-refractivity contribution in [3.63, 3.8) is 0 Å². The van der Waals surface area contributed by atoms with E-state index in [1.165, 1.54) is 17.4 Å². The number of amides is 2. The average molecular weight is 285 g/mol. The Balaban J connectivity index is 2.27. The first-order valence-electron chi connectivity index (χ1n) is 6.01. The van der Waals surface area contributed by atoms with Crippen LogP contribution in [-0.2, 0) is 0 Å². The lowest BCUT2D eigenvalue weighted by Gasteiger charge is -2.10. The maximum Gasteiger partial charge on any atom is 0.338 e. The number of carbonyl (C=O) groups excluding carboxylic acids is 1. The molecule has 0 spiro atoms. The van der Waals surface area contributed by atoms with Gasteiger partial charge in [0.2, 0.25) is 0 Å². The van der Waals surface area contributed by atoms with Crippen LogP contribution in [0.15, 0.2) is 11.4 Å². The summed E-state index contributed by atoms with van der Waals surface area (Å²) in [7, 11) is 4.01. The third-order valence-electron chi connectivity index (χ3n) is 2.44. The summed E-state index contributed by atoms with van der Waals surface area (Å²) < 4.78 is 0. The van der Waals surface area contributed by atoms with Gasteiger partial charge in [0, 0.05) is 6.54 Å². The molecule has 3 N–H and O–H groups in total. The van der Waals surface area contributed by atoms with Gasteiger partial charge in [-0.15, -0.1) is 11.3 Å². The maximum atomic E-state index is 11.6. The molecule has 2 amide bonds. The Hall–Kier alpha value is -1.60. The van der Waals surface area contributed by atoms with E-state index in [0.717, 1.165) is 19.4 Å². The minimum Gasteiger partial charge on any atom is -0.478 e. The van der Waals surface area contributed by atoms with Crippen LogP contribution in [0.25, 0.3) is 0 Å². The number of thiophene rings is 1. The van der Waals surface area contributed by atoms with E-state index < -0.39 is 5.97 Å². The molecule has 0 aliphatic rings. The van der Waals surface area contributed by atoms with Crippen LogP contribution in [0.3, 0.4) is 0 Å². The molecule has 106 valence electrons. The molecule has 19 heavy (non-hydrogen) atoms. The third kappa shape index (κ3) is 5.71. The lowest BCUT2D eigenvalue weighted by atomic mass is 10.3. The fourth-order valence-electron chi connectivity index (χ4n) is 1.48. The molecule has 0 bridgehead atoms. The van der Waals surface area contributed by atoms with Gasteiger partial charge in [-0.05, 0) is 44.9 Å². The minimum atomic E-state index is -1.04.